The SMILES string of the molecule is FC(F)(F)c1cccc(-n2nc(-c3ccccc3Br)c3c2NCC3)c1. The van der Waals surface area contributed by atoms with Crippen LogP contribution in [-0.2, 0) is 12.6 Å². The van der Waals surface area contributed by atoms with Crippen molar-refractivity contribution >= 4 is 21.7 Å². The Morgan fingerprint density at radius 3 is 2.64 bits per heavy atom. The van der Waals surface area contributed by atoms with Gasteiger partial charge in [-0.25, -0.2) is 4.68 Å². The lowest BCUT2D eigenvalue weighted by molar-refractivity contribution is -0.137. The van der Waals surface area contributed by atoms with Gasteiger partial charge in [0.25, 0.3) is 0 Å². The molecule has 0 saturated heterocycles. The van der Waals surface area contributed by atoms with Gasteiger partial charge in [0.2, 0.25) is 0 Å². The molecule has 0 bridgehead atoms. The van der Waals surface area contributed by atoms with E-state index in [1.165, 1.54) is 6.07 Å². The number of anilines is 1. The third kappa shape index (κ3) is 2.82. The number of fused-ring (bicyclic) bond motifs is 1. The average Bonchev–Trinajstić information content (AvgIpc) is 3.17. The van der Waals surface area contributed by atoms with Gasteiger partial charge < -0.3 is 5.32 Å². The molecule has 1 aliphatic rings. The quantitative estimate of drug-likeness (QED) is 0.625. The molecule has 0 fully saturated rings. The first-order valence-electron chi connectivity index (χ1n) is 7.73. The largest absolute Gasteiger partial charge is 0.416 e. The summed E-state index contributed by atoms with van der Waals surface area (Å²) >= 11 is 3.53. The Morgan fingerprint density at radius 2 is 1.88 bits per heavy atom. The molecule has 0 unspecified atom stereocenters. The Balaban J connectivity index is 1.88. The van der Waals surface area contributed by atoms with E-state index in [1.54, 1.807) is 10.7 Å². The molecule has 0 radical (unpaired) electrons. The highest BCUT2D eigenvalue weighted by Crippen LogP contribution is 2.38. The lowest BCUT2D eigenvalue weighted by Gasteiger charge is -2.10. The molecule has 7 heteroatoms. The molecule has 1 aromatic heterocycles. The summed E-state index contributed by atoms with van der Waals surface area (Å²) < 4.78 is 41.6. The number of halogens is 4. The van der Waals surface area contributed by atoms with Crippen LogP contribution in [0.5, 0.6) is 0 Å². The van der Waals surface area contributed by atoms with Gasteiger partial charge >= 0.3 is 6.18 Å². The molecule has 0 amide bonds. The minimum atomic E-state index is -4.38. The molecular formula is C18H13BrF3N3. The van der Waals surface area contributed by atoms with Crippen molar-refractivity contribution in [2.45, 2.75) is 12.6 Å². The predicted molar refractivity (Wildman–Crippen MR) is 93.9 cm³/mol. The van der Waals surface area contributed by atoms with Crippen molar-refractivity contribution in [1.29, 1.82) is 0 Å². The van der Waals surface area contributed by atoms with Crippen LogP contribution in [0.2, 0.25) is 0 Å². The molecule has 3 aromatic rings. The van der Waals surface area contributed by atoms with Crippen LogP contribution < -0.4 is 5.32 Å². The minimum Gasteiger partial charge on any atom is -0.369 e. The van der Waals surface area contributed by atoms with E-state index in [1.807, 2.05) is 24.3 Å². The Bertz CT molecular complexity index is 947. The van der Waals surface area contributed by atoms with Crippen molar-refractivity contribution in [2.24, 2.45) is 0 Å². The summed E-state index contributed by atoms with van der Waals surface area (Å²) in [6.45, 7) is 0.740. The van der Waals surface area contributed by atoms with Crippen LogP contribution in [0.4, 0.5) is 19.0 Å². The van der Waals surface area contributed by atoms with Crippen LogP contribution in [0.25, 0.3) is 16.9 Å². The molecule has 4 rings (SSSR count). The molecule has 128 valence electrons. The number of alkyl halides is 3. The summed E-state index contributed by atoms with van der Waals surface area (Å²) in [5, 5.41) is 7.85. The zero-order valence-corrected chi connectivity index (χ0v) is 14.5. The summed E-state index contributed by atoms with van der Waals surface area (Å²) in [5.74, 6) is 0.755. The first kappa shape index (κ1) is 16.2. The van der Waals surface area contributed by atoms with Gasteiger partial charge in [0, 0.05) is 22.1 Å². The van der Waals surface area contributed by atoms with Gasteiger partial charge in [-0.3, -0.25) is 0 Å². The van der Waals surface area contributed by atoms with Gasteiger partial charge in [0.15, 0.2) is 0 Å². The minimum absolute atomic E-state index is 0.388. The van der Waals surface area contributed by atoms with E-state index in [-0.39, 0.29) is 0 Å². The molecule has 1 aliphatic heterocycles. The molecule has 0 atom stereocenters. The van der Waals surface area contributed by atoms with Gasteiger partial charge in [0.05, 0.1) is 16.9 Å². The zero-order chi connectivity index (χ0) is 17.6. The van der Waals surface area contributed by atoms with Gasteiger partial charge in [0.1, 0.15) is 5.82 Å². The second kappa shape index (κ2) is 5.91. The van der Waals surface area contributed by atoms with Crippen LogP contribution in [0.3, 0.4) is 0 Å². The van der Waals surface area contributed by atoms with E-state index >= 15 is 0 Å². The van der Waals surface area contributed by atoms with Crippen LogP contribution in [0, 0.1) is 0 Å². The Morgan fingerprint density at radius 1 is 1.08 bits per heavy atom. The third-order valence-electron chi connectivity index (χ3n) is 4.20. The third-order valence-corrected chi connectivity index (χ3v) is 4.89. The topological polar surface area (TPSA) is 29.9 Å². The second-order valence-corrected chi connectivity index (χ2v) is 6.65. The maximum atomic E-state index is 13.0. The summed E-state index contributed by atoms with van der Waals surface area (Å²) in [6.07, 6.45) is -3.60. The fourth-order valence-electron chi connectivity index (χ4n) is 3.05. The number of rotatable bonds is 2. The number of nitrogens with one attached hydrogen (secondary N) is 1. The highest BCUT2D eigenvalue weighted by atomic mass is 79.9. The molecule has 0 saturated carbocycles. The summed E-state index contributed by atoms with van der Waals surface area (Å²) in [7, 11) is 0. The van der Waals surface area contributed by atoms with E-state index < -0.39 is 11.7 Å². The van der Waals surface area contributed by atoms with Crippen LogP contribution in [-0.4, -0.2) is 16.3 Å². The number of benzene rings is 2. The highest BCUT2D eigenvalue weighted by Gasteiger charge is 2.31. The molecule has 0 aliphatic carbocycles. The van der Waals surface area contributed by atoms with Crippen LogP contribution in [0.1, 0.15) is 11.1 Å². The fourth-order valence-corrected chi connectivity index (χ4v) is 3.52. The van der Waals surface area contributed by atoms with Gasteiger partial charge in [-0.15, -0.1) is 0 Å². The fraction of sp³-hybridized carbons (Fsp3) is 0.167. The van der Waals surface area contributed by atoms with Gasteiger partial charge in [-0.05, 0) is 30.7 Å². The first-order valence-corrected chi connectivity index (χ1v) is 8.53. The van der Waals surface area contributed by atoms with Gasteiger partial charge in [-0.2, -0.15) is 18.3 Å². The number of aromatic nitrogens is 2. The normalized spacial score (nSPS) is 13.6. The molecule has 25 heavy (non-hydrogen) atoms. The number of hydrogen-bond acceptors (Lipinski definition) is 2. The monoisotopic (exact) mass is 407 g/mol. The molecule has 2 aromatic carbocycles. The summed E-state index contributed by atoms with van der Waals surface area (Å²) in [5.41, 5.74) is 2.43. The summed E-state index contributed by atoms with van der Waals surface area (Å²) in [4.78, 5) is 0. The lowest BCUT2D eigenvalue weighted by atomic mass is 10.1. The Kier molecular flexibility index (Phi) is 3.83. The number of hydrogen-bond donors (Lipinski definition) is 1. The van der Waals surface area contributed by atoms with Crippen molar-refractivity contribution in [2.75, 3.05) is 11.9 Å². The van der Waals surface area contributed by atoms with Crippen LogP contribution >= 0.6 is 15.9 Å². The maximum absolute atomic E-state index is 13.0. The smallest absolute Gasteiger partial charge is 0.369 e. The Hall–Kier alpha value is -2.28. The molecule has 1 N–H and O–H groups in total. The number of nitrogens with zero attached hydrogens (tertiary/aromatic N) is 2. The van der Waals surface area contributed by atoms with Gasteiger partial charge in [-0.1, -0.05) is 40.2 Å². The molecule has 0 spiro atoms. The van der Waals surface area contributed by atoms with E-state index in [0.29, 0.717) is 5.69 Å². The molecular weight excluding hydrogens is 395 g/mol. The Labute approximate surface area is 150 Å². The lowest BCUT2D eigenvalue weighted by Crippen LogP contribution is -2.08. The molecule has 3 nitrogen and oxygen atoms in total. The maximum Gasteiger partial charge on any atom is 0.416 e. The average molecular weight is 408 g/mol. The van der Waals surface area contributed by atoms with E-state index in [2.05, 4.69) is 26.3 Å². The van der Waals surface area contributed by atoms with Crippen molar-refractivity contribution < 1.29 is 13.2 Å². The highest BCUT2D eigenvalue weighted by molar-refractivity contribution is 9.10. The van der Waals surface area contributed by atoms with Crippen molar-refractivity contribution in [3.05, 3.63) is 64.1 Å². The van der Waals surface area contributed by atoms with Crippen LogP contribution in [0.15, 0.2) is 53.0 Å². The summed E-state index contributed by atoms with van der Waals surface area (Å²) in [6, 6.07) is 12.9. The van der Waals surface area contributed by atoms with E-state index in [4.69, 9.17) is 0 Å². The first-order chi connectivity index (χ1) is 11.9. The second-order valence-electron chi connectivity index (χ2n) is 5.79. The molecule has 2 heterocycles. The van der Waals surface area contributed by atoms with Crippen molar-refractivity contribution in [1.82, 2.24) is 9.78 Å². The van der Waals surface area contributed by atoms with Crippen molar-refractivity contribution in [3.63, 3.8) is 0 Å². The van der Waals surface area contributed by atoms with E-state index in [0.717, 1.165) is 52.2 Å². The standard InChI is InChI=1S/C18H13BrF3N3/c19-15-7-2-1-6-13(15)16-14-8-9-23-17(14)25(24-16)12-5-3-4-11(10-12)18(20,21)22/h1-7,10,23H,8-9H2. The van der Waals surface area contributed by atoms with E-state index in [9.17, 15) is 13.2 Å². The predicted octanol–water partition coefficient (Wildman–Crippen LogP) is 5.29. The van der Waals surface area contributed by atoms with Crippen molar-refractivity contribution in [3.8, 4) is 16.9 Å². The zero-order valence-electron chi connectivity index (χ0n) is 12.9.